The molecule has 0 atom stereocenters. The summed E-state index contributed by atoms with van der Waals surface area (Å²) in [5, 5.41) is 3.30. The van der Waals surface area contributed by atoms with Gasteiger partial charge in [0.2, 0.25) is 0 Å². The molecule has 0 aromatic carbocycles. The lowest BCUT2D eigenvalue weighted by Gasteiger charge is -2.20. The predicted molar refractivity (Wildman–Crippen MR) is 78.9 cm³/mol. The summed E-state index contributed by atoms with van der Waals surface area (Å²) in [4.78, 5) is 6.95. The number of rotatable bonds is 9. The molecule has 0 aliphatic heterocycles. The van der Waals surface area contributed by atoms with Crippen LogP contribution in [-0.4, -0.2) is 29.5 Å². The van der Waals surface area contributed by atoms with Crippen LogP contribution in [0.25, 0.3) is 0 Å². The Hall–Kier alpha value is -1.09. The van der Waals surface area contributed by atoms with Gasteiger partial charge < -0.3 is 5.32 Å². The van der Waals surface area contributed by atoms with Crippen molar-refractivity contribution in [2.75, 3.05) is 25.0 Å². The molecule has 3 heteroatoms. The Morgan fingerprint density at radius 3 is 2.28 bits per heavy atom. The maximum Gasteiger partial charge on any atom is 0.125 e. The highest BCUT2D eigenvalue weighted by Crippen LogP contribution is 2.08. The first-order valence-corrected chi connectivity index (χ1v) is 7.21. The molecule has 0 saturated carbocycles. The van der Waals surface area contributed by atoms with E-state index in [1.165, 1.54) is 31.5 Å². The molecule has 102 valence electrons. The molecule has 0 radical (unpaired) electrons. The van der Waals surface area contributed by atoms with E-state index < -0.39 is 0 Å². The average Bonchev–Trinajstić information content (AvgIpc) is 2.38. The molecule has 0 aliphatic carbocycles. The van der Waals surface area contributed by atoms with Crippen LogP contribution in [0.3, 0.4) is 0 Å². The lowest BCUT2D eigenvalue weighted by Crippen LogP contribution is -2.24. The molecule has 1 heterocycles. The van der Waals surface area contributed by atoms with E-state index in [-0.39, 0.29) is 0 Å². The molecule has 0 fully saturated rings. The van der Waals surface area contributed by atoms with Crippen molar-refractivity contribution in [3.05, 3.63) is 23.9 Å². The van der Waals surface area contributed by atoms with Gasteiger partial charge in [-0.25, -0.2) is 4.98 Å². The van der Waals surface area contributed by atoms with E-state index in [1.807, 2.05) is 6.20 Å². The zero-order valence-corrected chi connectivity index (χ0v) is 12.1. The van der Waals surface area contributed by atoms with E-state index in [2.05, 4.69) is 48.1 Å². The normalized spacial score (nSPS) is 10.9. The van der Waals surface area contributed by atoms with Crippen LogP contribution in [0.1, 0.15) is 45.6 Å². The van der Waals surface area contributed by atoms with Crippen molar-refractivity contribution < 1.29 is 0 Å². The minimum Gasteiger partial charge on any atom is -0.370 e. The zero-order valence-electron chi connectivity index (χ0n) is 12.1. The van der Waals surface area contributed by atoms with Crippen LogP contribution in [0.2, 0.25) is 0 Å². The Morgan fingerprint density at radius 2 is 1.78 bits per heavy atom. The number of hydrogen-bond acceptors (Lipinski definition) is 3. The zero-order chi connectivity index (χ0) is 13.2. The van der Waals surface area contributed by atoms with E-state index in [0.717, 1.165) is 25.3 Å². The highest BCUT2D eigenvalue weighted by molar-refractivity contribution is 5.35. The lowest BCUT2D eigenvalue weighted by molar-refractivity contribution is 0.266. The van der Waals surface area contributed by atoms with Crippen LogP contribution in [0.15, 0.2) is 18.3 Å². The van der Waals surface area contributed by atoms with Gasteiger partial charge in [0, 0.05) is 19.3 Å². The van der Waals surface area contributed by atoms with Crippen LogP contribution in [-0.2, 0) is 6.54 Å². The largest absolute Gasteiger partial charge is 0.370 e. The predicted octanol–water partition coefficient (Wildman–Crippen LogP) is 3.53. The number of hydrogen-bond donors (Lipinski definition) is 1. The van der Waals surface area contributed by atoms with Crippen molar-refractivity contribution in [3.8, 4) is 0 Å². The minimum absolute atomic E-state index is 0.984. The molecular formula is C15H27N3. The fourth-order valence-corrected chi connectivity index (χ4v) is 2.04. The van der Waals surface area contributed by atoms with Crippen LogP contribution in [0, 0.1) is 0 Å². The van der Waals surface area contributed by atoms with E-state index in [0.29, 0.717) is 0 Å². The van der Waals surface area contributed by atoms with Crippen LogP contribution in [0.4, 0.5) is 5.82 Å². The Labute approximate surface area is 112 Å². The monoisotopic (exact) mass is 249 g/mol. The molecule has 0 unspecified atom stereocenters. The quantitative estimate of drug-likeness (QED) is 0.725. The van der Waals surface area contributed by atoms with Crippen molar-refractivity contribution >= 4 is 5.82 Å². The summed E-state index contributed by atoms with van der Waals surface area (Å²) in [5.74, 6) is 0.984. The molecule has 0 spiro atoms. The Morgan fingerprint density at radius 1 is 1.06 bits per heavy atom. The Kier molecular flexibility index (Phi) is 7.42. The van der Waals surface area contributed by atoms with Gasteiger partial charge in [-0.2, -0.15) is 0 Å². The van der Waals surface area contributed by atoms with Crippen LogP contribution < -0.4 is 5.32 Å². The number of nitrogens with one attached hydrogen (secondary N) is 1. The first-order chi connectivity index (χ1) is 8.80. The molecule has 1 aromatic heterocycles. The fourth-order valence-electron chi connectivity index (χ4n) is 2.04. The molecule has 1 aromatic rings. The molecule has 0 amide bonds. The lowest BCUT2D eigenvalue weighted by atomic mass is 10.2. The SMILES string of the molecule is CCCNc1ccc(CN(CCC)CCC)cn1. The molecule has 18 heavy (non-hydrogen) atoms. The molecule has 1 rings (SSSR count). The first kappa shape index (κ1) is 15.0. The summed E-state index contributed by atoms with van der Waals surface area (Å²) in [5.41, 5.74) is 1.30. The average molecular weight is 249 g/mol. The van der Waals surface area contributed by atoms with Gasteiger partial charge in [0.25, 0.3) is 0 Å². The van der Waals surface area contributed by atoms with Crippen LogP contribution >= 0.6 is 0 Å². The summed E-state index contributed by atoms with van der Waals surface area (Å²) < 4.78 is 0. The van der Waals surface area contributed by atoms with Crippen molar-refractivity contribution in [1.29, 1.82) is 0 Å². The smallest absolute Gasteiger partial charge is 0.125 e. The number of anilines is 1. The second-order valence-corrected chi connectivity index (χ2v) is 4.75. The summed E-state index contributed by atoms with van der Waals surface area (Å²) >= 11 is 0. The van der Waals surface area contributed by atoms with Crippen LogP contribution in [0.5, 0.6) is 0 Å². The number of aromatic nitrogens is 1. The molecule has 0 aliphatic rings. The van der Waals surface area contributed by atoms with E-state index in [4.69, 9.17) is 0 Å². The first-order valence-electron chi connectivity index (χ1n) is 7.21. The van der Waals surface area contributed by atoms with Crippen molar-refractivity contribution in [1.82, 2.24) is 9.88 Å². The number of nitrogens with zero attached hydrogens (tertiary/aromatic N) is 2. The van der Waals surface area contributed by atoms with E-state index >= 15 is 0 Å². The van der Waals surface area contributed by atoms with Crippen molar-refractivity contribution in [2.45, 2.75) is 46.6 Å². The molecule has 0 saturated heterocycles. The highest BCUT2D eigenvalue weighted by atomic mass is 15.1. The van der Waals surface area contributed by atoms with Gasteiger partial charge in [-0.3, -0.25) is 4.90 Å². The second-order valence-electron chi connectivity index (χ2n) is 4.75. The highest BCUT2D eigenvalue weighted by Gasteiger charge is 2.04. The van der Waals surface area contributed by atoms with Gasteiger partial charge in [-0.1, -0.05) is 26.8 Å². The van der Waals surface area contributed by atoms with Gasteiger partial charge in [0.15, 0.2) is 0 Å². The van der Waals surface area contributed by atoms with Gasteiger partial charge in [0.05, 0.1) is 0 Å². The van der Waals surface area contributed by atoms with Gasteiger partial charge in [0.1, 0.15) is 5.82 Å². The molecule has 3 nitrogen and oxygen atoms in total. The van der Waals surface area contributed by atoms with Gasteiger partial charge in [-0.05, 0) is 44.0 Å². The van der Waals surface area contributed by atoms with E-state index in [1.54, 1.807) is 0 Å². The Bertz CT molecular complexity index is 302. The maximum atomic E-state index is 4.45. The number of pyridine rings is 1. The fraction of sp³-hybridized carbons (Fsp3) is 0.667. The summed E-state index contributed by atoms with van der Waals surface area (Å²) in [7, 11) is 0. The third-order valence-corrected chi connectivity index (χ3v) is 2.87. The topological polar surface area (TPSA) is 28.2 Å². The standard InChI is InChI=1S/C15H27N3/c1-4-9-16-15-8-7-14(12-17-15)13-18(10-5-2)11-6-3/h7-8,12H,4-6,9-11,13H2,1-3H3,(H,16,17). The Balaban J connectivity index is 2.50. The van der Waals surface area contributed by atoms with Crippen molar-refractivity contribution in [2.24, 2.45) is 0 Å². The molecular weight excluding hydrogens is 222 g/mol. The third kappa shape index (κ3) is 5.50. The second kappa shape index (κ2) is 8.92. The summed E-state index contributed by atoms with van der Waals surface area (Å²) in [6, 6.07) is 4.27. The van der Waals surface area contributed by atoms with Gasteiger partial charge in [-0.15, -0.1) is 0 Å². The third-order valence-electron chi connectivity index (χ3n) is 2.87. The van der Waals surface area contributed by atoms with E-state index in [9.17, 15) is 0 Å². The minimum atomic E-state index is 0.984. The van der Waals surface area contributed by atoms with Gasteiger partial charge >= 0.3 is 0 Å². The summed E-state index contributed by atoms with van der Waals surface area (Å²) in [6.45, 7) is 11.0. The van der Waals surface area contributed by atoms with Crippen molar-refractivity contribution in [3.63, 3.8) is 0 Å². The molecule has 0 bridgehead atoms. The summed E-state index contributed by atoms with van der Waals surface area (Å²) in [6.07, 6.45) is 5.55. The maximum absolute atomic E-state index is 4.45. The molecule has 1 N–H and O–H groups in total.